The van der Waals surface area contributed by atoms with E-state index >= 15 is 0 Å². The molecule has 0 aromatic heterocycles. The van der Waals surface area contributed by atoms with Crippen molar-refractivity contribution in [2.45, 2.75) is 25.9 Å². The van der Waals surface area contributed by atoms with Gasteiger partial charge in [-0.25, -0.2) is 0 Å². The summed E-state index contributed by atoms with van der Waals surface area (Å²) in [4.78, 5) is 0. The molecule has 0 fully saturated rings. The van der Waals surface area contributed by atoms with Crippen molar-refractivity contribution < 1.29 is 5.11 Å². The summed E-state index contributed by atoms with van der Waals surface area (Å²) in [6.07, 6.45) is 1.49. The molecule has 1 atom stereocenters. The summed E-state index contributed by atoms with van der Waals surface area (Å²) in [5.41, 5.74) is 1.58. The van der Waals surface area contributed by atoms with Crippen LogP contribution in [0.2, 0.25) is 0 Å². The van der Waals surface area contributed by atoms with Crippen molar-refractivity contribution in [2.24, 2.45) is 0 Å². The van der Waals surface area contributed by atoms with Crippen LogP contribution in [0, 0.1) is 11.3 Å². The molecule has 0 aliphatic carbocycles. The Kier molecular flexibility index (Phi) is 4.65. The highest BCUT2D eigenvalue weighted by atomic mass is 16.3. The van der Waals surface area contributed by atoms with Gasteiger partial charge in [0.15, 0.2) is 0 Å². The second-order valence-corrected chi connectivity index (χ2v) is 3.51. The molecular formula is C12H16N2O. The fraction of sp³-hybridized carbons (Fsp3) is 0.417. The van der Waals surface area contributed by atoms with E-state index in [1.54, 1.807) is 12.1 Å². The molecule has 0 spiro atoms. The molecule has 0 bridgehead atoms. The molecule has 2 N–H and O–H groups in total. The van der Waals surface area contributed by atoms with Crippen LogP contribution >= 0.6 is 0 Å². The van der Waals surface area contributed by atoms with Crippen molar-refractivity contribution in [3.05, 3.63) is 29.8 Å². The van der Waals surface area contributed by atoms with Crippen LogP contribution < -0.4 is 5.32 Å². The standard InChI is InChI=1S/C12H16N2O/c1-2-3-12(15)9-14-11-6-4-10(8-13)5-7-11/h4-7,12,14-15H,2-3,9H2,1H3. The van der Waals surface area contributed by atoms with E-state index < -0.39 is 0 Å². The third-order valence-corrected chi connectivity index (χ3v) is 2.18. The molecule has 1 unspecified atom stereocenters. The Morgan fingerprint density at radius 1 is 1.40 bits per heavy atom. The van der Waals surface area contributed by atoms with Crippen molar-refractivity contribution >= 4 is 5.69 Å². The highest BCUT2D eigenvalue weighted by Gasteiger charge is 2.01. The zero-order valence-corrected chi connectivity index (χ0v) is 8.90. The first-order valence-corrected chi connectivity index (χ1v) is 5.18. The normalized spacial score (nSPS) is 11.8. The van der Waals surface area contributed by atoms with Crippen LogP contribution in [0.5, 0.6) is 0 Å². The number of benzene rings is 1. The first-order chi connectivity index (χ1) is 7.26. The monoisotopic (exact) mass is 204 g/mol. The summed E-state index contributed by atoms with van der Waals surface area (Å²) >= 11 is 0. The van der Waals surface area contributed by atoms with E-state index in [4.69, 9.17) is 5.26 Å². The van der Waals surface area contributed by atoms with Crippen molar-refractivity contribution in [1.82, 2.24) is 0 Å². The van der Waals surface area contributed by atoms with Gasteiger partial charge in [-0.05, 0) is 30.7 Å². The fourth-order valence-corrected chi connectivity index (χ4v) is 1.33. The van der Waals surface area contributed by atoms with Gasteiger partial charge >= 0.3 is 0 Å². The Hall–Kier alpha value is -1.53. The average Bonchev–Trinajstić information content (AvgIpc) is 2.27. The van der Waals surface area contributed by atoms with E-state index in [2.05, 4.69) is 11.4 Å². The van der Waals surface area contributed by atoms with Crippen molar-refractivity contribution in [3.63, 3.8) is 0 Å². The number of aliphatic hydroxyl groups excluding tert-OH is 1. The van der Waals surface area contributed by atoms with Crippen LogP contribution in [-0.2, 0) is 0 Å². The van der Waals surface area contributed by atoms with E-state index in [1.807, 2.05) is 19.1 Å². The van der Waals surface area contributed by atoms with Gasteiger partial charge in [0.2, 0.25) is 0 Å². The Labute approximate surface area is 90.4 Å². The van der Waals surface area contributed by atoms with Crippen LogP contribution in [0.15, 0.2) is 24.3 Å². The van der Waals surface area contributed by atoms with Gasteiger partial charge in [0.05, 0.1) is 17.7 Å². The summed E-state index contributed by atoms with van der Waals surface area (Å²) in [6, 6.07) is 9.27. The van der Waals surface area contributed by atoms with Crippen LogP contribution in [0.4, 0.5) is 5.69 Å². The van der Waals surface area contributed by atoms with Gasteiger partial charge in [0.25, 0.3) is 0 Å². The van der Waals surface area contributed by atoms with Crippen molar-refractivity contribution in [2.75, 3.05) is 11.9 Å². The molecule has 0 heterocycles. The molecule has 1 rings (SSSR count). The lowest BCUT2D eigenvalue weighted by Gasteiger charge is -2.11. The topological polar surface area (TPSA) is 56.0 Å². The average molecular weight is 204 g/mol. The predicted octanol–water partition coefficient (Wildman–Crippen LogP) is 2.13. The van der Waals surface area contributed by atoms with Crippen LogP contribution in [0.1, 0.15) is 25.3 Å². The highest BCUT2D eigenvalue weighted by Crippen LogP contribution is 2.09. The van der Waals surface area contributed by atoms with Crippen LogP contribution in [0.3, 0.4) is 0 Å². The molecule has 3 heteroatoms. The molecule has 1 aromatic carbocycles. The van der Waals surface area contributed by atoms with Gasteiger partial charge < -0.3 is 10.4 Å². The zero-order valence-electron chi connectivity index (χ0n) is 8.90. The maximum atomic E-state index is 9.50. The first-order valence-electron chi connectivity index (χ1n) is 5.18. The number of anilines is 1. The van der Waals surface area contributed by atoms with Gasteiger partial charge in [-0.1, -0.05) is 13.3 Å². The summed E-state index contributed by atoms with van der Waals surface area (Å²) in [7, 11) is 0. The van der Waals surface area contributed by atoms with E-state index in [9.17, 15) is 5.11 Å². The first kappa shape index (κ1) is 11.5. The molecule has 15 heavy (non-hydrogen) atoms. The van der Waals surface area contributed by atoms with Gasteiger partial charge in [-0.3, -0.25) is 0 Å². The Balaban J connectivity index is 2.41. The summed E-state index contributed by atoms with van der Waals surface area (Å²) < 4.78 is 0. The van der Waals surface area contributed by atoms with Gasteiger partial charge in [-0.2, -0.15) is 5.26 Å². The quantitative estimate of drug-likeness (QED) is 0.772. The molecule has 0 aliphatic heterocycles. The number of aliphatic hydroxyl groups is 1. The number of nitrogens with zero attached hydrogens (tertiary/aromatic N) is 1. The van der Waals surface area contributed by atoms with E-state index in [0.29, 0.717) is 12.1 Å². The predicted molar refractivity (Wildman–Crippen MR) is 60.6 cm³/mol. The second kappa shape index (κ2) is 6.05. The maximum Gasteiger partial charge on any atom is 0.0991 e. The largest absolute Gasteiger partial charge is 0.391 e. The van der Waals surface area contributed by atoms with Crippen molar-refractivity contribution in [3.8, 4) is 6.07 Å². The SMILES string of the molecule is CCCC(O)CNc1ccc(C#N)cc1. The zero-order chi connectivity index (χ0) is 11.1. The molecule has 0 aliphatic rings. The lowest BCUT2D eigenvalue weighted by Crippen LogP contribution is -2.18. The van der Waals surface area contributed by atoms with Crippen LogP contribution in [-0.4, -0.2) is 17.8 Å². The third kappa shape index (κ3) is 4.01. The smallest absolute Gasteiger partial charge is 0.0991 e. The Bertz CT molecular complexity index is 326. The Morgan fingerprint density at radius 2 is 2.07 bits per heavy atom. The number of hydrogen-bond donors (Lipinski definition) is 2. The number of nitrogens with one attached hydrogen (secondary N) is 1. The summed E-state index contributed by atoms with van der Waals surface area (Å²) in [6.45, 7) is 2.60. The molecular weight excluding hydrogens is 188 g/mol. The minimum Gasteiger partial charge on any atom is -0.391 e. The highest BCUT2D eigenvalue weighted by molar-refractivity contribution is 5.47. The second-order valence-electron chi connectivity index (χ2n) is 3.51. The van der Waals surface area contributed by atoms with E-state index in [1.165, 1.54) is 0 Å². The molecule has 80 valence electrons. The van der Waals surface area contributed by atoms with Gasteiger partial charge in [0, 0.05) is 12.2 Å². The van der Waals surface area contributed by atoms with Crippen LogP contribution in [0.25, 0.3) is 0 Å². The summed E-state index contributed by atoms with van der Waals surface area (Å²) in [5.74, 6) is 0. The fourth-order valence-electron chi connectivity index (χ4n) is 1.33. The molecule has 0 saturated heterocycles. The third-order valence-electron chi connectivity index (χ3n) is 2.18. The van der Waals surface area contributed by atoms with Crippen molar-refractivity contribution in [1.29, 1.82) is 5.26 Å². The number of rotatable bonds is 5. The molecule has 0 saturated carbocycles. The van der Waals surface area contributed by atoms with E-state index in [0.717, 1.165) is 18.5 Å². The minimum absolute atomic E-state index is 0.300. The van der Waals surface area contributed by atoms with Gasteiger partial charge in [-0.15, -0.1) is 0 Å². The number of nitriles is 1. The molecule has 3 nitrogen and oxygen atoms in total. The van der Waals surface area contributed by atoms with Gasteiger partial charge in [0.1, 0.15) is 0 Å². The van der Waals surface area contributed by atoms with E-state index in [-0.39, 0.29) is 6.10 Å². The maximum absolute atomic E-state index is 9.50. The molecule has 1 aromatic rings. The molecule has 0 radical (unpaired) electrons. The summed E-state index contributed by atoms with van der Waals surface area (Å²) in [5, 5.41) is 21.2. The Morgan fingerprint density at radius 3 is 2.60 bits per heavy atom. The molecule has 0 amide bonds. The number of hydrogen-bond acceptors (Lipinski definition) is 3. The lowest BCUT2D eigenvalue weighted by atomic mass is 10.2. The minimum atomic E-state index is -0.300. The lowest BCUT2D eigenvalue weighted by molar-refractivity contribution is 0.176.